The number of carbonyl (C=O) groups is 1. The highest BCUT2D eigenvalue weighted by Crippen LogP contribution is 2.31. The van der Waals surface area contributed by atoms with Crippen LogP contribution in [0, 0.1) is 11.3 Å². The Morgan fingerprint density at radius 2 is 2.00 bits per heavy atom. The van der Waals surface area contributed by atoms with E-state index >= 15 is 0 Å². The van der Waals surface area contributed by atoms with Gasteiger partial charge in [-0.1, -0.05) is 39.0 Å². The van der Waals surface area contributed by atoms with E-state index in [4.69, 9.17) is 10.00 Å². The van der Waals surface area contributed by atoms with E-state index in [1.165, 1.54) is 0 Å². The zero-order chi connectivity index (χ0) is 12.9. The van der Waals surface area contributed by atoms with Crippen LogP contribution in [0.15, 0.2) is 24.3 Å². The summed E-state index contributed by atoms with van der Waals surface area (Å²) in [7, 11) is 0. The topological polar surface area (TPSA) is 50.1 Å². The summed E-state index contributed by atoms with van der Waals surface area (Å²) in [5, 5.41) is 8.41. The number of para-hydroxylation sites is 1. The van der Waals surface area contributed by atoms with Crippen LogP contribution in [0.25, 0.3) is 0 Å². The third-order valence-corrected chi connectivity index (χ3v) is 2.36. The Hall–Kier alpha value is -1.82. The Morgan fingerprint density at radius 3 is 2.59 bits per heavy atom. The van der Waals surface area contributed by atoms with Crippen LogP contribution in [0.5, 0.6) is 5.75 Å². The molecule has 17 heavy (non-hydrogen) atoms. The molecule has 3 nitrogen and oxygen atoms in total. The first-order valence-electron chi connectivity index (χ1n) is 5.62. The van der Waals surface area contributed by atoms with Crippen LogP contribution in [0.2, 0.25) is 0 Å². The van der Waals surface area contributed by atoms with Gasteiger partial charge in [-0.2, -0.15) is 5.26 Å². The van der Waals surface area contributed by atoms with Crippen molar-refractivity contribution in [3.63, 3.8) is 0 Å². The van der Waals surface area contributed by atoms with Gasteiger partial charge in [-0.3, -0.25) is 4.79 Å². The van der Waals surface area contributed by atoms with Gasteiger partial charge in [0.25, 0.3) is 0 Å². The van der Waals surface area contributed by atoms with E-state index in [0.717, 1.165) is 5.56 Å². The Bertz CT molecular complexity index is 438. The molecule has 0 saturated heterocycles. The van der Waals surface area contributed by atoms with Crippen molar-refractivity contribution in [3.8, 4) is 11.8 Å². The second-order valence-electron chi connectivity index (χ2n) is 4.88. The predicted molar refractivity (Wildman–Crippen MR) is 65.6 cm³/mol. The molecule has 0 bridgehead atoms. The molecule has 0 aliphatic carbocycles. The molecule has 0 aliphatic heterocycles. The van der Waals surface area contributed by atoms with Crippen molar-refractivity contribution in [2.45, 2.75) is 39.0 Å². The van der Waals surface area contributed by atoms with Crippen LogP contribution in [0.1, 0.15) is 39.2 Å². The van der Waals surface area contributed by atoms with Crippen LogP contribution >= 0.6 is 0 Å². The quantitative estimate of drug-likeness (QED) is 0.593. The molecule has 1 aromatic rings. The summed E-state index contributed by atoms with van der Waals surface area (Å²) in [5.74, 6) is 0.228. The highest BCUT2D eigenvalue weighted by molar-refractivity contribution is 5.73. The van der Waals surface area contributed by atoms with E-state index < -0.39 is 0 Å². The molecule has 1 rings (SSSR count). The number of hydrogen-bond acceptors (Lipinski definition) is 3. The summed E-state index contributed by atoms with van der Waals surface area (Å²) in [6.07, 6.45) is 0.325. The minimum Gasteiger partial charge on any atom is -0.426 e. The monoisotopic (exact) mass is 231 g/mol. The van der Waals surface area contributed by atoms with E-state index in [-0.39, 0.29) is 24.2 Å². The maximum Gasteiger partial charge on any atom is 0.312 e. The Morgan fingerprint density at radius 1 is 1.35 bits per heavy atom. The number of hydrogen-bond donors (Lipinski definition) is 0. The summed E-state index contributed by atoms with van der Waals surface area (Å²) in [6, 6.07) is 9.42. The van der Waals surface area contributed by atoms with Gasteiger partial charge in [-0.05, 0) is 11.5 Å². The van der Waals surface area contributed by atoms with Crippen molar-refractivity contribution in [2.24, 2.45) is 0 Å². The Kier molecular flexibility index (Phi) is 4.28. The number of esters is 1. The van der Waals surface area contributed by atoms with Crippen molar-refractivity contribution in [3.05, 3.63) is 29.8 Å². The average molecular weight is 231 g/mol. The fraction of sp³-hybridized carbons (Fsp3) is 0.429. The molecule has 0 aromatic heterocycles. The lowest BCUT2D eigenvalue weighted by molar-refractivity contribution is -0.134. The number of nitrogens with zero attached hydrogens (tertiary/aromatic N) is 1. The van der Waals surface area contributed by atoms with Gasteiger partial charge in [0.15, 0.2) is 0 Å². The van der Waals surface area contributed by atoms with Gasteiger partial charge in [-0.25, -0.2) is 0 Å². The molecule has 0 radical (unpaired) electrons. The van der Waals surface area contributed by atoms with E-state index in [1.54, 1.807) is 6.07 Å². The molecule has 0 spiro atoms. The van der Waals surface area contributed by atoms with Crippen molar-refractivity contribution in [1.29, 1.82) is 5.26 Å². The lowest BCUT2D eigenvalue weighted by atomic mass is 9.86. The van der Waals surface area contributed by atoms with Gasteiger partial charge in [0, 0.05) is 12.0 Å². The van der Waals surface area contributed by atoms with Gasteiger partial charge in [0.05, 0.1) is 12.5 Å². The van der Waals surface area contributed by atoms with Crippen molar-refractivity contribution < 1.29 is 9.53 Å². The Balaban J connectivity index is 2.85. The second kappa shape index (κ2) is 5.49. The van der Waals surface area contributed by atoms with E-state index in [1.807, 2.05) is 24.3 Å². The summed E-state index contributed by atoms with van der Waals surface area (Å²) in [6.45, 7) is 6.19. The summed E-state index contributed by atoms with van der Waals surface area (Å²) < 4.78 is 5.28. The largest absolute Gasteiger partial charge is 0.426 e. The van der Waals surface area contributed by atoms with Crippen molar-refractivity contribution in [1.82, 2.24) is 0 Å². The number of ether oxygens (including phenoxy) is 1. The lowest BCUT2D eigenvalue weighted by Gasteiger charge is -2.21. The van der Waals surface area contributed by atoms with Gasteiger partial charge >= 0.3 is 5.97 Å². The highest BCUT2D eigenvalue weighted by atomic mass is 16.5. The average Bonchev–Trinajstić information content (AvgIpc) is 2.25. The third-order valence-electron chi connectivity index (χ3n) is 2.36. The molecule has 0 heterocycles. The summed E-state index contributed by atoms with van der Waals surface area (Å²) >= 11 is 0. The molecular weight excluding hydrogens is 214 g/mol. The molecule has 0 amide bonds. The first-order valence-corrected chi connectivity index (χ1v) is 5.62. The molecule has 3 heteroatoms. The van der Waals surface area contributed by atoms with Crippen LogP contribution in [0.4, 0.5) is 0 Å². The maximum absolute atomic E-state index is 11.5. The maximum atomic E-state index is 11.5. The molecule has 0 unspecified atom stereocenters. The normalized spacial score (nSPS) is 10.7. The zero-order valence-corrected chi connectivity index (χ0v) is 10.5. The fourth-order valence-electron chi connectivity index (χ4n) is 1.51. The van der Waals surface area contributed by atoms with E-state index in [2.05, 4.69) is 20.8 Å². The first-order chi connectivity index (χ1) is 7.95. The lowest BCUT2D eigenvalue weighted by Crippen LogP contribution is -2.16. The van der Waals surface area contributed by atoms with Crippen LogP contribution < -0.4 is 4.74 Å². The highest BCUT2D eigenvalue weighted by Gasteiger charge is 2.19. The standard InChI is InChI=1S/C14H17NO2/c1-14(2,3)11-7-4-5-8-12(11)17-13(16)9-6-10-15/h4-5,7-8H,6,9H2,1-3H3. The molecule has 1 aromatic carbocycles. The molecule has 0 N–H and O–H groups in total. The summed E-state index contributed by atoms with van der Waals surface area (Å²) in [4.78, 5) is 11.5. The molecule has 0 fully saturated rings. The van der Waals surface area contributed by atoms with Crippen LogP contribution in [-0.4, -0.2) is 5.97 Å². The smallest absolute Gasteiger partial charge is 0.312 e. The Labute approximate surface area is 102 Å². The first kappa shape index (κ1) is 13.2. The molecule has 0 atom stereocenters. The van der Waals surface area contributed by atoms with Gasteiger partial charge in [0.1, 0.15) is 5.75 Å². The van der Waals surface area contributed by atoms with Crippen molar-refractivity contribution >= 4 is 5.97 Å². The van der Waals surface area contributed by atoms with Gasteiger partial charge < -0.3 is 4.74 Å². The second-order valence-corrected chi connectivity index (χ2v) is 4.88. The number of benzene rings is 1. The summed E-state index contributed by atoms with van der Waals surface area (Å²) in [5.41, 5.74) is 0.914. The van der Waals surface area contributed by atoms with Crippen LogP contribution in [-0.2, 0) is 10.2 Å². The predicted octanol–water partition coefficient (Wildman–Crippen LogP) is 3.19. The minimum absolute atomic E-state index is 0.0773. The molecule has 90 valence electrons. The van der Waals surface area contributed by atoms with Gasteiger partial charge in [0.2, 0.25) is 0 Å². The fourth-order valence-corrected chi connectivity index (χ4v) is 1.51. The van der Waals surface area contributed by atoms with Crippen LogP contribution in [0.3, 0.4) is 0 Å². The third kappa shape index (κ3) is 3.92. The molecular formula is C14H17NO2. The molecule has 0 saturated carbocycles. The minimum atomic E-state index is -0.358. The van der Waals surface area contributed by atoms with E-state index in [0.29, 0.717) is 5.75 Å². The number of nitriles is 1. The molecule has 0 aliphatic rings. The van der Waals surface area contributed by atoms with Gasteiger partial charge in [-0.15, -0.1) is 0 Å². The zero-order valence-electron chi connectivity index (χ0n) is 10.5. The number of rotatable bonds is 3. The SMILES string of the molecule is CC(C)(C)c1ccccc1OC(=O)CCC#N. The number of carbonyl (C=O) groups excluding carboxylic acids is 1. The van der Waals surface area contributed by atoms with Crippen molar-refractivity contribution in [2.75, 3.05) is 0 Å². The van der Waals surface area contributed by atoms with E-state index in [9.17, 15) is 4.79 Å².